The zero-order valence-corrected chi connectivity index (χ0v) is 23.4. The normalized spacial score (nSPS) is 21.6. The van der Waals surface area contributed by atoms with Gasteiger partial charge in [-0.25, -0.2) is 9.97 Å². The van der Waals surface area contributed by atoms with E-state index in [4.69, 9.17) is 9.47 Å². The fourth-order valence-electron chi connectivity index (χ4n) is 4.99. The van der Waals surface area contributed by atoms with Gasteiger partial charge in [-0.15, -0.1) is 11.8 Å². The first-order valence-electron chi connectivity index (χ1n) is 12.5. The Hall–Kier alpha value is -2.36. The number of benzene rings is 1. The van der Waals surface area contributed by atoms with Gasteiger partial charge in [0, 0.05) is 49.2 Å². The van der Waals surface area contributed by atoms with Gasteiger partial charge in [-0.2, -0.15) is 0 Å². The number of methoxy groups -OCH3 is 1. The summed E-state index contributed by atoms with van der Waals surface area (Å²) in [6.45, 7) is 12.0. The number of likely N-dealkylation sites (tertiary alicyclic amines) is 1. The topological polar surface area (TPSA) is 77.0 Å². The quantitative estimate of drug-likeness (QED) is 0.376. The number of carbonyl (C=O) groups is 1. The van der Waals surface area contributed by atoms with Gasteiger partial charge in [0.15, 0.2) is 0 Å². The van der Waals surface area contributed by atoms with E-state index < -0.39 is 0 Å². The van der Waals surface area contributed by atoms with Crippen molar-refractivity contribution < 1.29 is 19.0 Å². The number of hydrogen-bond acceptors (Lipinski definition) is 9. The second kappa shape index (κ2) is 13.3. The molecule has 0 radical (unpaired) electrons. The van der Waals surface area contributed by atoms with Crippen LogP contribution in [0.25, 0.3) is 0 Å². The number of thioether (sulfide) groups is 1. The molecule has 4 rings (SSSR count). The second-order valence-corrected chi connectivity index (χ2v) is 10.7. The SMILES string of the molecule is CC(C)OC=O.COCC1CN(C)CC(C)C1Oc1ncnc(N2CCc3cc(SC)ccc32)c1C. The highest BCUT2D eigenvalue weighted by Gasteiger charge is 2.36. The highest BCUT2D eigenvalue weighted by atomic mass is 32.2. The van der Waals surface area contributed by atoms with Crippen molar-refractivity contribution in [1.82, 2.24) is 14.9 Å². The van der Waals surface area contributed by atoms with Crippen LogP contribution in [0.1, 0.15) is 31.9 Å². The minimum atomic E-state index is 0.0301. The van der Waals surface area contributed by atoms with Crippen molar-refractivity contribution in [1.29, 1.82) is 0 Å². The first kappa shape index (κ1) is 28.2. The molecule has 2 aliphatic rings. The molecule has 1 aromatic carbocycles. The third kappa shape index (κ3) is 6.89. The van der Waals surface area contributed by atoms with Gasteiger partial charge in [0.1, 0.15) is 18.2 Å². The second-order valence-electron chi connectivity index (χ2n) is 9.80. The molecule has 9 heteroatoms. The summed E-state index contributed by atoms with van der Waals surface area (Å²) < 4.78 is 16.4. The van der Waals surface area contributed by atoms with Crippen molar-refractivity contribution >= 4 is 29.7 Å². The first-order chi connectivity index (χ1) is 17.3. The van der Waals surface area contributed by atoms with Crippen molar-refractivity contribution in [3.63, 3.8) is 0 Å². The van der Waals surface area contributed by atoms with Gasteiger partial charge in [0.05, 0.1) is 18.3 Å². The predicted octanol–water partition coefficient (Wildman–Crippen LogP) is 4.36. The lowest BCUT2D eigenvalue weighted by atomic mass is 9.87. The Kier molecular flexibility index (Phi) is 10.4. The van der Waals surface area contributed by atoms with Crippen LogP contribution in [0.5, 0.6) is 5.88 Å². The number of carbonyl (C=O) groups excluding carboxylic acids is 1. The molecule has 2 aliphatic heterocycles. The van der Waals surface area contributed by atoms with Gasteiger partial charge in [0.25, 0.3) is 6.47 Å². The highest BCUT2D eigenvalue weighted by Crippen LogP contribution is 2.39. The molecule has 0 bridgehead atoms. The van der Waals surface area contributed by atoms with Gasteiger partial charge >= 0.3 is 0 Å². The van der Waals surface area contributed by atoms with Crippen molar-refractivity contribution in [3.8, 4) is 5.88 Å². The number of nitrogens with zero attached hydrogens (tertiary/aromatic N) is 4. The van der Waals surface area contributed by atoms with E-state index in [2.05, 4.69) is 69.9 Å². The number of hydrogen-bond donors (Lipinski definition) is 0. The van der Waals surface area contributed by atoms with E-state index in [9.17, 15) is 4.79 Å². The highest BCUT2D eigenvalue weighted by molar-refractivity contribution is 7.98. The Morgan fingerprint density at radius 1 is 1.25 bits per heavy atom. The Bertz CT molecular complexity index is 1010. The van der Waals surface area contributed by atoms with Crippen molar-refractivity contribution in [2.75, 3.05) is 51.6 Å². The number of fused-ring (bicyclic) bond motifs is 1. The van der Waals surface area contributed by atoms with Crippen LogP contribution in [0, 0.1) is 18.8 Å². The maximum absolute atomic E-state index is 9.39. The molecular formula is C27H40N4O4S. The lowest BCUT2D eigenvalue weighted by molar-refractivity contribution is -0.131. The van der Waals surface area contributed by atoms with Crippen LogP contribution in [0.15, 0.2) is 29.4 Å². The Morgan fingerprint density at radius 2 is 2.03 bits per heavy atom. The first-order valence-corrected chi connectivity index (χ1v) is 13.7. The number of rotatable bonds is 8. The number of anilines is 2. The predicted molar refractivity (Wildman–Crippen MR) is 144 cm³/mol. The molecule has 0 spiro atoms. The molecule has 0 aliphatic carbocycles. The zero-order chi connectivity index (χ0) is 26.2. The van der Waals surface area contributed by atoms with Crippen molar-refractivity contribution in [3.05, 3.63) is 35.7 Å². The van der Waals surface area contributed by atoms with Crippen molar-refractivity contribution in [2.45, 2.75) is 51.2 Å². The van der Waals surface area contributed by atoms with Gasteiger partial charge in [-0.1, -0.05) is 6.92 Å². The fraction of sp³-hybridized carbons (Fsp3) is 0.593. The molecule has 3 heterocycles. The number of aromatic nitrogens is 2. The maximum Gasteiger partial charge on any atom is 0.293 e. The monoisotopic (exact) mass is 516 g/mol. The van der Waals surface area contributed by atoms with E-state index in [0.29, 0.717) is 30.8 Å². The van der Waals surface area contributed by atoms with Gasteiger partial charge < -0.3 is 24.0 Å². The van der Waals surface area contributed by atoms with Crippen LogP contribution in [0.3, 0.4) is 0 Å². The maximum atomic E-state index is 9.39. The summed E-state index contributed by atoms with van der Waals surface area (Å²) in [7, 11) is 3.92. The van der Waals surface area contributed by atoms with E-state index in [1.54, 1.807) is 39.0 Å². The molecule has 0 N–H and O–H groups in total. The smallest absolute Gasteiger partial charge is 0.293 e. The van der Waals surface area contributed by atoms with Gasteiger partial charge in [0.2, 0.25) is 5.88 Å². The molecule has 36 heavy (non-hydrogen) atoms. The summed E-state index contributed by atoms with van der Waals surface area (Å²) in [5, 5.41) is 0. The molecule has 0 saturated carbocycles. The largest absolute Gasteiger partial charge is 0.473 e. The molecule has 1 saturated heterocycles. The number of ether oxygens (including phenoxy) is 3. The third-order valence-electron chi connectivity index (χ3n) is 6.58. The Balaban J connectivity index is 0.000000538. The van der Waals surface area contributed by atoms with E-state index >= 15 is 0 Å². The summed E-state index contributed by atoms with van der Waals surface area (Å²) in [6.07, 6.45) is 4.90. The standard InChI is InChI=1S/C23H32N4O2S.C4H8O2/c1-15-11-26(3)12-18(13-28-4)21(15)29-23-16(2)22(24-14-25-23)27-9-8-17-10-19(30-5)6-7-20(17)27;1-4(2)6-3-5/h6-7,10,14-15,18,21H,8-9,11-13H2,1-5H3;3-4H,1-2H3. The van der Waals surface area contributed by atoms with E-state index in [0.717, 1.165) is 37.4 Å². The molecule has 1 aromatic heterocycles. The molecule has 0 amide bonds. The summed E-state index contributed by atoms with van der Waals surface area (Å²) in [5.41, 5.74) is 3.62. The van der Waals surface area contributed by atoms with Crippen LogP contribution in [0.2, 0.25) is 0 Å². The van der Waals surface area contributed by atoms with E-state index in [-0.39, 0.29) is 12.2 Å². The Morgan fingerprint density at radius 3 is 2.67 bits per heavy atom. The van der Waals surface area contributed by atoms with Crippen LogP contribution in [-0.4, -0.2) is 80.2 Å². The van der Waals surface area contributed by atoms with Crippen LogP contribution in [-0.2, 0) is 20.7 Å². The molecule has 1 fully saturated rings. The Labute approximate surface area is 219 Å². The molecule has 3 unspecified atom stereocenters. The molecular weight excluding hydrogens is 476 g/mol. The minimum absolute atomic E-state index is 0.0301. The van der Waals surface area contributed by atoms with Crippen molar-refractivity contribution in [2.24, 2.45) is 11.8 Å². The molecule has 8 nitrogen and oxygen atoms in total. The summed E-state index contributed by atoms with van der Waals surface area (Å²) in [5.74, 6) is 2.36. The molecule has 198 valence electrons. The van der Waals surface area contributed by atoms with Crippen LogP contribution in [0.4, 0.5) is 11.5 Å². The average Bonchev–Trinajstić information content (AvgIpc) is 3.25. The third-order valence-corrected chi connectivity index (χ3v) is 7.30. The average molecular weight is 517 g/mol. The summed E-state index contributed by atoms with van der Waals surface area (Å²) in [4.78, 5) is 24.5. The molecule has 3 atom stereocenters. The van der Waals surface area contributed by atoms with E-state index in [1.807, 2.05) is 0 Å². The van der Waals surface area contributed by atoms with Crippen LogP contribution < -0.4 is 9.64 Å². The van der Waals surface area contributed by atoms with E-state index in [1.165, 1.54) is 16.1 Å². The lowest BCUT2D eigenvalue weighted by Gasteiger charge is -2.40. The number of piperidine rings is 1. The summed E-state index contributed by atoms with van der Waals surface area (Å²) in [6, 6.07) is 6.69. The fourth-order valence-corrected chi connectivity index (χ4v) is 5.46. The summed E-state index contributed by atoms with van der Waals surface area (Å²) >= 11 is 1.78. The van der Waals surface area contributed by atoms with Gasteiger partial charge in [-0.3, -0.25) is 4.79 Å². The lowest BCUT2D eigenvalue weighted by Crippen LogP contribution is -2.51. The zero-order valence-electron chi connectivity index (χ0n) is 22.6. The van der Waals surface area contributed by atoms with Gasteiger partial charge in [-0.05, 0) is 64.3 Å². The molecule has 2 aromatic rings. The minimum Gasteiger partial charge on any atom is -0.473 e. The van der Waals surface area contributed by atoms with Crippen LogP contribution >= 0.6 is 11.8 Å².